The molecular weight excluding hydrogens is 308 g/mol. The maximum Gasteiger partial charge on any atom is 0.0701 e. The van der Waals surface area contributed by atoms with Crippen LogP contribution in [0.5, 0.6) is 0 Å². The summed E-state index contributed by atoms with van der Waals surface area (Å²) in [7, 11) is 0. The van der Waals surface area contributed by atoms with Crippen molar-refractivity contribution in [2.75, 3.05) is 13.1 Å². The van der Waals surface area contributed by atoms with E-state index in [1.165, 1.54) is 24.0 Å². The second-order valence-corrected chi connectivity index (χ2v) is 7.82. The van der Waals surface area contributed by atoms with Gasteiger partial charge in [-0.3, -0.25) is 9.88 Å². The second kappa shape index (κ2) is 6.89. The molecule has 1 saturated carbocycles. The highest BCUT2D eigenvalue weighted by Gasteiger charge is 2.47. The molecule has 2 fully saturated rings. The Morgan fingerprint density at radius 3 is 2.72 bits per heavy atom. The number of benzene rings is 1. The van der Waals surface area contributed by atoms with Crippen molar-refractivity contribution in [3.8, 4) is 11.3 Å². The van der Waals surface area contributed by atoms with E-state index in [0.717, 1.165) is 38.2 Å². The molecule has 0 unspecified atom stereocenters. The van der Waals surface area contributed by atoms with E-state index in [-0.39, 0.29) is 0 Å². The summed E-state index contributed by atoms with van der Waals surface area (Å²) in [5, 5.41) is 11.0. The molecule has 4 rings (SSSR count). The lowest BCUT2D eigenvalue weighted by molar-refractivity contribution is -0.0613. The van der Waals surface area contributed by atoms with Crippen LogP contribution in [0.1, 0.15) is 38.2 Å². The minimum absolute atomic E-state index is 0.430. The lowest BCUT2D eigenvalue weighted by atomic mass is 9.69. The number of fused-ring (bicyclic) bond motifs is 1. The van der Waals surface area contributed by atoms with Gasteiger partial charge in [0.1, 0.15) is 0 Å². The quantitative estimate of drug-likeness (QED) is 0.912. The number of hydrogen-bond donors (Lipinski definition) is 1. The van der Waals surface area contributed by atoms with Crippen molar-refractivity contribution in [3.05, 3.63) is 54.2 Å². The number of aromatic nitrogens is 1. The van der Waals surface area contributed by atoms with Crippen LogP contribution < -0.4 is 0 Å². The van der Waals surface area contributed by atoms with E-state index in [2.05, 4.69) is 41.1 Å². The topological polar surface area (TPSA) is 36.4 Å². The summed E-state index contributed by atoms with van der Waals surface area (Å²) >= 11 is 0. The first-order chi connectivity index (χ1) is 12.2. The zero-order valence-electron chi connectivity index (χ0n) is 15.1. The maximum atomic E-state index is 11.0. The highest BCUT2D eigenvalue weighted by atomic mass is 16.3. The molecule has 1 aromatic heterocycles. The van der Waals surface area contributed by atoms with Gasteiger partial charge in [-0.15, -0.1) is 0 Å². The molecule has 0 amide bonds. The molecule has 1 aliphatic heterocycles. The Hall–Kier alpha value is -1.71. The van der Waals surface area contributed by atoms with Crippen molar-refractivity contribution < 1.29 is 5.11 Å². The fraction of sp³-hybridized carbons (Fsp3) is 0.500. The Bertz CT molecular complexity index is 700. The zero-order valence-corrected chi connectivity index (χ0v) is 15.1. The van der Waals surface area contributed by atoms with Crippen LogP contribution in [0, 0.1) is 11.8 Å². The first-order valence-corrected chi connectivity index (χ1v) is 9.63. The molecule has 3 nitrogen and oxygen atoms in total. The predicted octanol–water partition coefficient (Wildman–Crippen LogP) is 4.12. The van der Waals surface area contributed by atoms with Crippen LogP contribution in [0.15, 0.2) is 48.7 Å². The van der Waals surface area contributed by atoms with Gasteiger partial charge >= 0.3 is 0 Å². The van der Waals surface area contributed by atoms with E-state index >= 15 is 0 Å². The van der Waals surface area contributed by atoms with E-state index in [4.69, 9.17) is 0 Å². The molecule has 0 bridgehead atoms. The minimum Gasteiger partial charge on any atom is -0.390 e. The van der Waals surface area contributed by atoms with Crippen molar-refractivity contribution in [2.24, 2.45) is 11.8 Å². The number of nitrogens with zero attached hydrogens (tertiary/aromatic N) is 2. The van der Waals surface area contributed by atoms with Crippen LogP contribution in [0.2, 0.25) is 0 Å². The molecule has 3 heteroatoms. The lowest BCUT2D eigenvalue weighted by Gasteiger charge is -2.40. The number of rotatable bonds is 4. The van der Waals surface area contributed by atoms with Gasteiger partial charge in [-0.25, -0.2) is 0 Å². The molecule has 0 spiro atoms. The first-order valence-electron chi connectivity index (χ1n) is 9.63. The Morgan fingerprint density at radius 1 is 1.16 bits per heavy atom. The molecule has 1 aliphatic carbocycles. The summed E-state index contributed by atoms with van der Waals surface area (Å²) in [6, 6.07) is 14.8. The number of pyridine rings is 1. The standard InChI is InChI=1S/C22H28N2O/c1-2-22(25)12-5-6-19-15-24(16-20(19)22)14-17-8-10-18(11-9-17)21-7-3-4-13-23-21/h3-4,7-11,13,19-20,25H,2,5-6,12,14-16H2,1H3/t19-,20+,22-/m0/s1. The molecule has 0 radical (unpaired) electrons. The fourth-order valence-corrected chi connectivity index (χ4v) is 4.86. The normalized spacial score (nSPS) is 29.5. The monoisotopic (exact) mass is 336 g/mol. The molecule has 1 saturated heterocycles. The highest BCUT2D eigenvalue weighted by molar-refractivity contribution is 5.58. The van der Waals surface area contributed by atoms with Crippen LogP contribution in [-0.4, -0.2) is 33.7 Å². The van der Waals surface area contributed by atoms with Crippen molar-refractivity contribution in [2.45, 2.75) is 44.8 Å². The van der Waals surface area contributed by atoms with E-state index < -0.39 is 5.60 Å². The number of aliphatic hydroxyl groups is 1. The van der Waals surface area contributed by atoms with Gasteiger partial charge in [0.15, 0.2) is 0 Å². The molecule has 1 N–H and O–H groups in total. The van der Waals surface area contributed by atoms with Gasteiger partial charge in [-0.05, 0) is 42.9 Å². The first kappa shape index (κ1) is 16.7. The van der Waals surface area contributed by atoms with Crippen LogP contribution in [0.25, 0.3) is 11.3 Å². The van der Waals surface area contributed by atoms with Crippen molar-refractivity contribution in [1.82, 2.24) is 9.88 Å². The van der Waals surface area contributed by atoms with Crippen LogP contribution in [0.4, 0.5) is 0 Å². The molecule has 2 aliphatic rings. The van der Waals surface area contributed by atoms with Gasteiger partial charge in [-0.2, -0.15) is 0 Å². The second-order valence-electron chi connectivity index (χ2n) is 7.82. The molecule has 25 heavy (non-hydrogen) atoms. The summed E-state index contributed by atoms with van der Waals surface area (Å²) < 4.78 is 0. The number of hydrogen-bond acceptors (Lipinski definition) is 3. The number of likely N-dealkylation sites (tertiary alicyclic amines) is 1. The summed E-state index contributed by atoms with van der Waals surface area (Å²) in [4.78, 5) is 6.96. The summed E-state index contributed by atoms with van der Waals surface area (Å²) in [6.45, 7) is 5.29. The summed E-state index contributed by atoms with van der Waals surface area (Å²) in [5.74, 6) is 1.13. The molecule has 1 aromatic carbocycles. The Morgan fingerprint density at radius 2 is 2.00 bits per heavy atom. The average molecular weight is 336 g/mol. The van der Waals surface area contributed by atoms with Gasteiger partial charge < -0.3 is 5.11 Å². The van der Waals surface area contributed by atoms with Crippen LogP contribution in [0.3, 0.4) is 0 Å². The fourth-order valence-electron chi connectivity index (χ4n) is 4.86. The largest absolute Gasteiger partial charge is 0.390 e. The van der Waals surface area contributed by atoms with E-state index in [0.29, 0.717) is 11.8 Å². The highest BCUT2D eigenvalue weighted by Crippen LogP contribution is 2.44. The Balaban J connectivity index is 1.43. The summed E-state index contributed by atoms with van der Waals surface area (Å²) in [5.41, 5.74) is 3.10. The van der Waals surface area contributed by atoms with Crippen LogP contribution in [-0.2, 0) is 6.54 Å². The van der Waals surface area contributed by atoms with Crippen molar-refractivity contribution in [1.29, 1.82) is 0 Å². The van der Waals surface area contributed by atoms with Crippen LogP contribution >= 0.6 is 0 Å². The molecular formula is C22H28N2O. The molecule has 132 valence electrons. The molecule has 2 aromatic rings. The predicted molar refractivity (Wildman–Crippen MR) is 101 cm³/mol. The third kappa shape index (κ3) is 3.36. The van der Waals surface area contributed by atoms with Gasteiger partial charge in [0.25, 0.3) is 0 Å². The Labute approximate surface area is 150 Å². The minimum atomic E-state index is -0.430. The SMILES string of the molecule is CC[C@]1(O)CCC[C@H]2CN(Cc3ccc(-c4ccccn4)cc3)C[C@H]21. The smallest absolute Gasteiger partial charge is 0.0701 e. The summed E-state index contributed by atoms with van der Waals surface area (Å²) in [6.07, 6.45) is 6.17. The van der Waals surface area contributed by atoms with Gasteiger partial charge in [0.2, 0.25) is 0 Å². The van der Waals surface area contributed by atoms with E-state index in [1.54, 1.807) is 0 Å². The lowest BCUT2D eigenvalue weighted by Crippen LogP contribution is -2.44. The van der Waals surface area contributed by atoms with E-state index in [1.807, 2.05) is 24.4 Å². The van der Waals surface area contributed by atoms with Gasteiger partial charge in [0, 0.05) is 37.3 Å². The van der Waals surface area contributed by atoms with Gasteiger partial charge in [-0.1, -0.05) is 43.7 Å². The third-order valence-electron chi connectivity index (χ3n) is 6.32. The maximum absolute atomic E-state index is 11.0. The third-order valence-corrected chi connectivity index (χ3v) is 6.32. The molecule has 3 atom stereocenters. The van der Waals surface area contributed by atoms with Crippen molar-refractivity contribution in [3.63, 3.8) is 0 Å². The average Bonchev–Trinajstić information content (AvgIpc) is 3.07. The van der Waals surface area contributed by atoms with E-state index in [9.17, 15) is 5.11 Å². The zero-order chi connectivity index (χ0) is 17.3. The molecule has 2 heterocycles. The van der Waals surface area contributed by atoms with Crippen molar-refractivity contribution >= 4 is 0 Å². The Kier molecular flexibility index (Phi) is 4.61. The van der Waals surface area contributed by atoms with Gasteiger partial charge in [0.05, 0.1) is 11.3 Å².